The standard InChI is InChI=1S/C16H20O4/c1-10(14(17)18)15(19)20-16(2,3)13-8-11-6-4-5-7-12(11)9-13/h4-7,10,13H,8-9H2,1-3H3,(H,17,18). The van der Waals surface area contributed by atoms with E-state index < -0.39 is 23.5 Å². The number of hydrogen-bond donors (Lipinski definition) is 1. The Morgan fingerprint density at radius 3 is 2.20 bits per heavy atom. The molecule has 0 aromatic heterocycles. The van der Waals surface area contributed by atoms with Crippen molar-refractivity contribution in [1.29, 1.82) is 0 Å². The lowest BCUT2D eigenvalue weighted by molar-refractivity contribution is -0.171. The van der Waals surface area contributed by atoms with Gasteiger partial charge in [-0.1, -0.05) is 24.3 Å². The molecule has 1 unspecified atom stereocenters. The first-order chi connectivity index (χ1) is 9.31. The number of rotatable bonds is 4. The molecule has 0 amide bonds. The second kappa shape index (κ2) is 5.27. The zero-order chi connectivity index (χ0) is 14.9. The van der Waals surface area contributed by atoms with E-state index in [1.54, 1.807) is 0 Å². The number of ether oxygens (including phenoxy) is 1. The molecule has 0 bridgehead atoms. The Hall–Kier alpha value is -1.84. The van der Waals surface area contributed by atoms with Gasteiger partial charge in [0.1, 0.15) is 5.60 Å². The first-order valence-electron chi connectivity index (χ1n) is 6.83. The third-order valence-corrected chi connectivity index (χ3v) is 4.12. The van der Waals surface area contributed by atoms with E-state index in [9.17, 15) is 9.59 Å². The maximum absolute atomic E-state index is 11.8. The van der Waals surface area contributed by atoms with E-state index in [1.807, 2.05) is 26.0 Å². The highest BCUT2D eigenvalue weighted by Crippen LogP contribution is 2.35. The number of esters is 1. The third-order valence-electron chi connectivity index (χ3n) is 4.12. The Bertz CT molecular complexity index is 508. The Balaban J connectivity index is 2.06. The third kappa shape index (κ3) is 2.84. The Morgan fingerprint density at radius 2 is 1.75 bits per heavy atom. The molecule has 20 heavy (non-hydrogen) atoms. The minimum atomic E-state index is -1.15. The van der Waals surface area contributed by atoms with Gasteiger partial charge in [0, 0.05) is 5.92 Å². The van der Waals surface area contributed by atoms with Gasteiger partial charge in [-0.2, -0.15) is 0 Å². The highest BCUT2D eigenvalue weighted by molar-refractivity contribution is 5.93. The molecular formula is C16H20O4. The number of carbonyl (C=O) groups excluding carboxylic acids is 1. The molecule has 1 aromatic carbocycles. The number of fused-ring (bicyclic) bond motifs is 1. The molecule has 1 aliphatic carbocycles. The maximum atomic E-state index is 11.8. The van der Waals surface area contributed by atoms with Crippen LogP contribution in [-0.2, 0) is 27.2 Å². The lowest BCUT2D eigenvalue weighted by Crippen LogP contribution is -2.40. The van der Waals surface area contributed by atoms with Crippen LogP contribution in [0.3, 0.4) is 0 Å². The van der Waals surface area contributed by atoms with Crippen LogP contribution in [0.25, 0.3) is 0 Å². The molecule has 2 rings (SSSR count). The predicted octanol–water partition coefficient (Wildman–Crippen LogP) is 2.44. The lowest BCUT2D eigenvalue weighted by atomic mass is 9.88. The second-order valence-electron chi connectivity index (χ2n) is 5.96. The fourth-order valence-corrected chi connectivity index (χ4v) is 2.58. The van der Waals surface area contributed by atoms with Crippen molar-refractivity contribution in [3.05, 3.63) is 35.4 Å². The van der Waals surface area contributed by atoms with Gasteiger partial charge < -0.3 is 9.84 Å². The van der Waals surface area contributed by atoms with Gasteiger partial charge in [-0.25, -0.2) is 0 Å². The van der Waals surface area contributed by atoms with E-state index >= 15 is 0 Å². The minimum Gasteiger partial charge on any atom is -0.481 e. The van der Waals surface area contributed by atoms with Crippen molar-refractivity contribution >= 4 is 11.9 Å². The molecule has 0 saturated carbocycles. The highest BCUT2D eigenvalue weighted by atomic mass is 16.6. The quantitative estimate of drug-likeness (QED) is 0.677. The summed E-state index contributed by atoms with van der Waals surface area (Å²) in [5, 5.41) is 8.86. The van der Waals surface area contributed by atoms with Crippen LogP contribution in [0.2, 0.25) is 0 Å². The van der Waals surface area contributed by atoms with Crippen LogP contribution in [0.5, 0.6) is 0 Å². The topological polar surface area (TPSA) is 63.6 Å². The average Bonchev–Trinajstić information content (AvgIpc) is 2.81. The normalized spacial score (nSPS) is 16.6. The van der Waals surface area contributed by atoms with Crippen molar-refractivity contribution < 1.29 is 19.4 Å². The molecule has 1 N–H and O–H groups in total. The molecule has 0 heterocycles. The van der Waals surface area contributed by atoms with E-state index in [-0.39, 0.29) is 5.92 Å². The Kier molecular flexibility index (Phi) is 3.84. The van der Waals surface area contributed by atoms with Gasteiger partial charge in [0.05, 0.1) is 0 Å². The van der Waals surface area contributed by atoms with Crippen LogP contribution in [0.15, 0.2) is 24.3 Å². The summed E-state index contributed by atoms with van der Waals surface area (Å²) in [6.45, 7) is 5.07. The highest BCUT2D eigenvalue weighted by Gasteiger charge is 2.39. The smallest absolute Gasteiger partial charge is 0.320 e. The molecule has 108 valence electrons. The Labute approximate surface area is 118 Å². The monoisotopic (exact) mass is 276 g/mol. The van der Waals surface area contributed by atoms with Crippen LogP contribution in [0.4, 0.5) is 0 Å². The number of aliphatic carboxylic acids is 1. The molecule has 4 nitrogen and oxygen atoms in total. The first-order valence-corrected chi connectivity index (χ1v) is 6.83. The largest absolute Gasteiger partial charge is 0.481 e. The molecular weight excluding hydrogens is 256 g/mol. The summed E-state index contributed by atoms with van der Waals surface area (Å²) in [6.07, 6.45) is 1.72. The summed E-state index contributed by atoms with van der Waals surface area (Å²) in [7, 11) is 0. The molecule has 0 saturated heterocycles. The molecule has 0 spiro atoms. The average molecular weight is 276 g/mol. The summed E-state index contributed by atoms with van der Waals surface area (Å²) in [4.78, 5) is 22.7. The minimum absolute atomic E-state index is 0.185. The zero-order valence-corrected chi connectivity index (χ0v) is 12.1. The van der Waals surface area contributed by atoms with E-state index in [1.165, 1.54) is 18.1 Å². The summed E-state index contributed by atoms with van der Waals surface area (Å²) in [5.41, 5.74) is 1.90. The predicted molar refractivity (Wildman–Crippen MR) is 74.3 cm³/mol. The molecule has 1 aromatic rings. The van der Waals surface area contributed by atoms with E-state index in [0.717, 1.165) is 12.8 Å². The fraction of sp³-hybridized carbons (Fsp3) is 0.500. The van der Waals surface area contributed by atoms with Gasteiger partial charge in [-0.05, 0) is 44.7 Å². The van der Waals surface area contributed by atoms with Crippen molar-refractivity contribution in [3.8, 4) is 0 Å². The molecule has 0 fully saturated rings. The van der Waals surface area contributed by atoms with Gasteiger partial charge in [0.25, 0.3) is 0 Å². The number of benzene rings is 1. The lowest BCUT2D eigenvalue weighted by Gasteiger charge is -2.32. The van der Waals surface area contributed by atoms with Crippen LogP contribution >= 0.6 is 0 Å². The first kappa shape index (κ1) is 14.6. The molecule has 4 heteroatoms. The summed E-state index contributed by atoms with van der Waals surface area (Å²) >= 11 is 0. The summed E-state index contributed by atoms with van der Waals surface area (Å²) in [5.74, 6) is -2.76. The van der Waals surface area contributed by atoms with Gasteiger partial charge in [0.2, 0.25) is 0 Å². The number of hydrogen-bond acceptors (Lipinski definition) is 3. The van der Waals surface area contributed by atoms with Gasteiger partial charge >= 0.3 is 11.9 Å². The van der Waals surface area contributed by atoms with Crippen molar-refractivity contribution in [1.82, 2.24) is 0 Å². The van der Waals surface area contributed by atoms with E-state index in [4.69, 9.17) is 9.84 Å². The van der Waals surface area contributed by atoms with Crippen molar-refractivity contribution in [2.75, 3.05) is 0 Å². The van der Waals surface area contributed by atoms with Crippen molar-refractivity contribution in [3.63, 3.8) is 0 Å². The fourth-order valence-electron chi connectivity index (χ4n) is 2.58. The van der Waals surface area contributed by atoms with Gasteiger partial charge in [0.15, 0.2) is 5.92 Å². The van der Waals surface area contributed by atoms with E-state index in [2.05, 4.69) is 12.1 Å². The van der Waals surface area contributed by atoms with E-state index in [0.29, 0.717) is 0 Å². The van der Waals surface area contributed by atoms with Gasteiger partial charge in [-0.15, -0.1) is 0 Å². The van der Waals surface area contributed by atoms with Crippen LogP contribution in [0, 0.1) is 11.8 Å². The van der Waals surface area contributed by atoms with Crippen molar-refractivity contribution in [2.45, 2.75) is 39.2 Å². The van der Waals surface area contributed by atoms with Crippen molar-refractivity contribution in [2.24, 2.45) is 11.8 Å². The number of carboxylic acids is 1. The number of carbonyl (C=O) groups is 2. The van der Waals surface area contributed by atoms with Gasteiger partial charge in [-0.3, -0.25) is 9.59 Å². The molecule has 0 radical (unpaired) electrons. The van der Waals surface area contributed by atoms with Crippen LogP contribution in [0.1, 0.15) is 31.9 Å². The molecule has 1 aliphatic rings. The molecule has 1 atom stereocenters. The SMILES string of the molecule is CC(C(=O)O)C(=O)OC(C)(C)C1Cc2ccccc2C1. The second-order valence-corrected chi connectivity index (χ2v) is 5.96. The zero-order valence-electron chi connectivity index (χ0n) is 12.1. The Morgan fingerprint density at radius 1 is 1.25 bits per heavy atom. The summed E-state index contributed by atoms with van der Waals surface area (Å²) in [6, 6.07) is 8.19. The maximum Gasteiger partial charge on any atom is 0.320 e. The number of carboxylic acid groups (broad SMARTS) is 1. The van der Waals surface area contributed by atoms with Crippen LogP contribution < -0.4 is 0 Å². The molecule has 0 aliphatic heterocycles. The van der Waals surface area contributed by atoms with Crippen LogP contribution in [-0.4, -0.2) is 22.6 Å². The summed E-state index contributed by atoms with van der Waals surface area (Å²) < 4.78 is 5.46.